The van der Waals surface area contributed by atoms with E-state index in [9.17, 15) is 9.18 Å². The number of benzene rings is 2. The molecule has 152 valence electrons. The number of alkyl halides is 1. The summed E-state index contributed by atoms with van der Waals surface area (Å²) in [6.45, 7) is 1.49. The van der Waals surface area contributed by atoms with Gasteiger partial charge in [-0.2, -0.15) is 0 Å². The van der Waals surface area contributed by atoms with Crippen LogP contribution in [-0.2, 0) is 17.9 Å². The topological polar surface area (TPSA) is 87.7 Å². The van der Waals surface area contributed by atoms with Gasteiger partial charge in [-0.3, -0.25) is 4.90 Å². The summed E-state index contributed by atoms with van der Waals surface area (Å²) in [5.41, 5.74) is 2.83. The lowest BCUT2D eigenvalue weighted by Gasteiger charge is -2.15. The molecule has 7 nitrogen and oxygen atoms in total. The molecule has 2 heterocycles. The van der Waals surface area contributed by atoms with E-state index in [4.69, 9.17) is 14.6 Å². The number of likely N-dealkylation sites (tertiary alicyclic amines) is 1. The van der Waals surface area contributed by atoms with Crippen molar-refractivity contribution in [3.63, 3.8) is 0 Å². The maximum absolute atomic E-state index is 14.4. The Balaban J connectivity index is 1.33. The first-order valence-corrected chi connectivity index (χ1v) is 9.34. The highest BCUT2D eigenvalue weighted by Gasteiger charge is 2.33. The maximum Gasteiger partial charge on any atom is 0.335 e. The van der Waals surface area contributed by atoms with E-state index in [0.29, 0.717) is 18.9 Å². The number of hydrogen-bond acceptors (Lipinski definition) is 5. The molecule has 3 aromatic rings. The van der Waals surface area contributed by atoms with Crippen molar-refractivity contribution in [2.75, 3.05) is 20.2 Å². The summed E-state index contributed by atoms with van der Waals surface area (Å²) in [6.07, 6.45) is -1.62. The summed E-state index contributed by atoms with van der Waals surface area (Å²) < 4.78 is 25.4. The fourth-order valence-electron chi connectivity index (χ4n) is 3.53. The van der Waals surface area contributed by atoms with Crippen LogP contribution in [-0.4, -0.2) is 58.4 Å². The predicted octanol–water partition coefficient (Wildman–Crippen LogP) is 3.01. The van der Waals surface area contributed by atoms with Gasteiger partial charge in [0.15, 0.2) is 0 Å². The first kappa shape index (κ1) is 19.4. The Morgan fingerprint density at radius 1 is 1.28 bits per heavy atom. The monoisotopic (exact) mass is 399 g/mol. The second kappa shape index (κ2) is 8.18. The molecule has 8 heteroatoms. The van der Waals surface area contributed by atoms with Crippen LogP contribution < -0.4 is 4.74 Å². The average Bonchev–Trinajstić information content (AvgIpc) is 3.28. The molecule has 0 saturated carbocycles. The lowest BCUT2D eigenvalue weighted by atomic mass is 10.1. The van der Waals surface area contributed by atoms with Gasteiger partial charge in [0.25, 0.3) is 0 Å². The van der Waals surface area contributed by atoms with Crippen molar-refractivity contribution < 1.29 is 23.8 Å². The van der Waals surface area contributed by atoms with Crippen LogP contribution in [0.1, 0.15) is 21.7 Å². The summed E-state index contributed by atoms with van der Waals surface area (Å²) in [4.78, 5) is 20.5. The summed E-state index contributed by atoms with van der Waals surface area (Å²) >= 11 is 0. The van der Waals surface area contributed by atoms with E-state index in [0.717, 1.165) is 22.3 Å². The number of nitrogens with zero attached hydrogens (tertiary/aromatic N) is 2. The quantitative estimate of drug-likeness (QED) is 0.635. The number of nitrogens with one attached hydrogen (secondary N) is 1. The van der Waals surface area contributed by atoms with E-state index in [1.54, 1.807) is 31.4 Å². The predicted molar refractivity (Wildman–Crippen MR) is 105 cm³/mol. The van der Waals surface area contributed by atoms with E-state index >= 15 is 0 Å². The first-order valence-electron chi connectivity index (χ1n) is 9.34. The van der Waals surface area contributed by atoms with Crippen LogP contribution in [0.15, 0.2) is 42.5 Å². The largest absolute Gasteiger partial charge is 0.497 e. The standard InChI is InChI=1S/C21H22FN3O4/c1-28-15-6-7-17-18(8-15)24-20(23-17)12-29-19-11-25(10-16(19)22)9-13-2-4-14(5-3-13)21(26)27/h2-8,16,19H,9-12H2,1H3,(H,23,24)(H,26,27)/t16-,19+/m1/s1. The number of carboxylic acids is 1. The van der Waals surface area contributed by atoms with E-state index in [1.807, 2.05) is 23.1 Å². The zero-order valence-electron chi connectivity index (χ0n) is 16.0. The van der Waals surface area contributed by atoms with Gasteiger partial charge in [-0.1, -0.05) is 12.1 Å². The fourth-order valence-corrected chi connectivity index (χ4v) is 3.53. The Hall–Kier alpha value is -2.97. The van der Waals surface area contributed by atoms with Crippen LogP contribution >= 0.6 is 0 Å². The molecule has 1 aliphatic rings. The fraction of sp³-hybridized carbons (Fsp3) is 0.333. The number of ether oxygens (including phenoxy) is 2. The van der Waals surface area contributed by atoms with E-state index in [1.165, 1.54) is 0 Å². The number of aromatic nitrogens is 2. The normalized spacial score (nSPS) is 19.7. The van der Waals surface area contributed by atoms with E-state index < -0.39 is 18.2 Å². The van der Waals surface area contributed by atoms with Gasteiger partial charge in [-0.25, -0.2) is 14.2 Å². The lowest BCUT2D eigenvalue weighted by molar-refractivity contribution is 0.00864. The van der Waals surface area contributed by atoms with Crippen LogP contribution in [0, 0.1) is 0 Å². The van der Waals surface area contributed by atoms with Gasteiger partial charge < -0.3 is 19.6 Å². The molecule has 1 aliphatic heterocycles. The number of methoxy groups -OCH3 is 1. The van der Waals surface area contributed by atoms with Crippen LogP contribution in [0.25, 0.3) is 11.0 Å². The zero-order valence-corrected chi connectivity index (χ0v) is 16.0. The van der Waals surface area contributed by atoms with Crippen molar-refractivity contribution in [1.82, 2.24) is 14.9 Å². The van der Waals surface area contributed by atoms with Gasteiger partial charge in [-0.15, -0.1) is 0 Å². The molecule has 0 bridgehead atoms. The molecule has 29 heavy (non-hydrogen) atoms. The highest BCUT2D eigenvalue weighted by Crippen LogP contribution is 2.22. The third kappa shape index (κ3) is 4.38. The number of aromatic amines is 1. The molecule has 2 N–H and O–H groups in total. The van der Waals surface area contributed by atoms with Crippen molar-refractivity contribution in [3.8, 4) is 5.75 Å². The number of carboxylic acid groups (broad SMARTS) is 1. The molecule has 1 saturated heterocycles. The van der Waals surface area contributed by atoms with Crippen molar-refractivity contribution in [3.05, 3.63) is 59.4 Å². The van der Waals surface area contributed by atoms with E-state index in [-0.39, 0.29) is 18.7 Å². The Morgan fingerprint density at radius 2 is 2.07 bits per heavy atom. The molecular formula is C21H22FN3O4. The molecule has 2 aromatic carbocycles. The number of rotatable bonds is 7. The molecule has 0 spiro atoms. The third-order valence-electron chi connectivity index (χ3n) is 5.05. The van der Waals surface area contributed by atoms with Gasteiger partial charge in [0.05, 0.1) is 23.7 Å². The SMILES string of the molecule is COc1ccc2nc(CO[C@H]3CN(Cc4ccc(C(=O)O)cc4)C[C@H]3F)[nH]c2c1. The lowest BCUT2D eigenvalue weighted by Crippen LogP contribution is -2.24. The van der Waals surface area contributed by atoms with Crippen LogP contribution in [0.3, 0.4) is 0 Å². The minimum Gasteiger partial charge on any atom is -0.497 e. The van der Waals surface area contributed by atoms with Gasteiger partial charge in [0.2, 0.25) is 0 Å². The number of halogens is 1. The molecule has 0 aliphatic carbocycles. The third-order valence-corrected chi connectivity index (χ3v) is 5.05. The maximum atomic E-state index is 14.4. The Kier molecular flexibility index (Phi) is 5.46. The Morgan fingerprint density at radius 3 is 2.79 bits per heavy atom. The Bertz CT molecular complexity index is 1000. The van der Waals surface area contributed by atoms with Gasteiger partial charge in [0, 0.05) is 25.7 Å². The van der Waals surface area contributed by atoms with Gasteiger partial charge in [-0.05, 0) is 29.8 Å². The molecule has 0 radical (unpaired) electrons. The smallest absolute Gasteiger partial charge is 0.335 e. The highest BCUT2D eigenvalue weighted by molar-refractivity contribution is 5.87. The number of hydrogen-bond donors (Lipinski definition) is 2. The second-order valence-corrected chi connectivity index (χ2v) is 7.13. The number of H-pyrrole nitrogens is 1. The van der Waals surface area contributed by atoms with Crippen molar-refractivity contribution in [2.24, 2.45) is 0 Å². The van der Waals surface area contributed by atoms with Crippen LogP contribution in [0.2, 0.25) is 0 Å². The minimum absolute atomic E-state index is 0.198. The van der Waals surface area contributed by atoms with Crippen molar-refractivity contribution >= 4 is 17.0 Å². The molecule has 1 fully saturated rings. The first-order chi connectivity index (χ1) is 14.0. The number of carbonyl (C=O) groups is 1. The highest BCUT2D eigenvalue weighted by atomic mass is 19.1. The van der Waals surface area contributed by atoms with Gasteiger partial charge in [0.1, 0.15) is 30.5 Å². The Labute approximate surface area is 167 Å². The molecule has 2 atom stereocenters. The molecule has 0 unspecified atom stereocenters. The number of aromatic carboxylic acids is 1. The molecule has 1 aromatic heterocycles. The molecular weight excluding hydrogens is 377 g/mol. The van der Waals surface area contributed by atoms with E-state index in [2.05, 4.69) is 9.97 Å². The molecule has 4 rings (SSSR count). The number of imidazole rings is 1. The minimum atomic E-state index is -1.09. The second-order valence-electron chi connectivity index (χ2n) is 7.13. The summed E-state index contributed by atoms with van der Waals surface area (Å²) in [5, 5.41) is 8.96. The summed E-state index contributed by atoms with van der Waals surface area (Å²) in [5.74, 6) is 0.419. The molecule has 0 amide bonds. The number of fused-ring (bicyclic) bond motifs is 1. The summed E-state index contributed by atoms with van der Waals surface area (Å²) in [7, 11) is 1.61. The summed E-state index contributed by atoms with van der Waals surface area (Å²) in [6, 6.07) is 12.2. The van der Waals surface area contributed by atoms with Crippen molar-refractivity contribution in [1.29, 1.82) is 0 Å². The van der Waals surface area contributed by atoms with Crippen LogP contribution in [0.5, 0.6) is 5.75 Å². The van der Waals surface area contributed by atoms with Crippen LogP contribution in [0.4, 0.5) is 4.39 Å². The average molecular weight is 399 g/mol. The zero-order chi connectivity index (χ0) is 20.4. The van der Waals surface area contributed by atoms with Crippen molar-refractivity contribution in [2.45, 2.75) is 25.4 Å². The van der Waals surface area contributed by atoms with Gasteiger partial charge >= 0.3 is 5.97 Å².